The summed E-state index contributed by atoms with van der Waals surface area (Å²) in [4.78, 5) is 24.2. The third-order valence-electron chi connectivity index (χ3n) is 3.45. The third kappa shape index (κ3) is 3.40. The van der Waals surface area contributed by atoms with Crippen molar-refractivity contribution < 1.29 is 23.8 Å². The maximum atomic E-state index is 12.4. The van der Waals surface area contributed by atoms with Crippen molar-refractivity contribution >= 4 is 23.8 Å². The predicted molar refractivity (Wildman–Crippen MR) is 81.4 cm³/mol. The first kappa shape index (κ1) is 18.0. The van der Waals surface area contributed by atoms with Gasteiger partial charge in [-0.2, -0.15) is 4.79 Å². The molecule has 0 N–H and O–H groups in total. The largest absolute Gasteiger partial charge is 0.483 e. The predicted octanol–water partition coefficient (Wildman–Crippen LogP) is 0.759. The monoisotopic (exact) mass is 310 g/mol. The SMILES string of the molecule is COCC[C@@]1(C(=O)C=[N+]=[N-])N=C(OC)[C@@H](C(C)C)N=C1OC. The summed E-state index contributed by atoms with van der Waals surface area (Å²) in [5.41, 5.74) is 7.25. The lowest BCUT2D eigenvalue weighted by atomic mass is 9.88. The fourth-order valence-corrected chi connectivity index (χ4v) is 2.27. The Labute approximate surface area is 129 Å². The Kier molecular flexibility index (Phi) is 6.39. The lowest BCUT2D eigenvalue weighted by Crippen LogP contribution is -2.53. The molecule has 1 rings (SSSR count). The second-order valence-corrected chi connectivity index (χ2v) is 5.19. The van der Waals surface area contributed by atoms with Gasteiger partial charge in [-0.05, 0) is 5.92 Å². The molecule has 0 aromatic heterocycles. The van der Waals surface area contributed by atoms with Crippen LogP contribution in [0, 0.1) is 5.92 Å². The number of carbonyl (C=O) groups is 1. The molecule has 0 saturated heterocycles. The molecule has 1 aliphatic heterocycles. The van der Waals surface area contributed by atoms with E-state index in [0.29, 0.717) is 5.90 Å². The van der Waals surface area contributed by atoms with Crippen molar-refractivity contribution in [2.45, 2.75) is 31.8 Å². The maximum absolute atomic E-state index is 12.4. The molecule has 0 aromatic carbocycles. The van der Waals surface area contributed by atoms with Crippen LogP contribution in [0.5, 0.6) is 0 Å². The topological polar surface area (TPSA) is 106 Å². The first-order valence-corrected chi connectivity index (χ1v) is 6.93. The molecule has 0 aromatic rings. The molecule has 1 heterocycles. The first-order valence-electron chi connectivity index (χ1n) is 6.93. The van der Waals surface area contributed by atoms with Crippen LogP contribution in [0.2, 0.25) is 0 Å². The first-order chi connectivity index (χ1) is 10.5. The number of carbonyl (C=O) groups excluding carboxylic acids is 1. The van der Waals surface area contributed by atoms with E-state index in [-0.39, 0.29) is 30.9 Å². The number of rotatable bonds is 6. The van der Waals surface area contributed by atoms with Crippen LogP contribution in [0.4, 0.5) is 0 Å². The Bertz CT molecular complexity index is 523. The summed E-state index contributed by atoms with van der Waals surface area (Å²) in [5, 5.41) is 0. The Morgan fingerprint density at radius 3 is 2.55 bits per heavy atom. The van der Waals surface area contributed by atoms with Crippen LogP contribution in [-0.2, 0) is 19.0 Å². The van der Waals surface area contributed by atoms with E-state index in [9.17, 15) is 4.79 Å². The summed E-state index contributed by atoms with van der Waals surface area (Å²) >= 11 is 0. The molecule has 0 amide bonds. The van der Waals surface area contributed by atoms with E-state index in [1.165, 1.54) is 21.3 Å². The van der Waals surface area contributed by atoms with Gasteiger partial charge in [0, 0.05) is 20.1 Å². The van der Waals surface area contributed by atoms with Gasteiger partial charge < -0.3 is 19.7 Å². The average Bonchev–Trinajstić information content (AvgIpc) is 2.51. The van der Waals surface area contributed by atoms with Gasteiger partial charge in [0.1, 0.15) is 6.04 Å². The summed E-state index contributed by atoms with van der Waals surface area (Å²) in [6.07, 6.45) is 0.982. The fraction of sp³-hybridized carbons (Fsp3) is 0.714. The summed E-state index contributed by atoms with van der Waals surface area (Å²) < 4.78 is 15.7. The highest BCUT2D eigenvalue weighted by atomic mass is 16.5. The normalized spacial score (nSPS) is 24.2. The molecule has 0 fully saturated rings. The van der Waals surface area contributed by atoms with Crippen molar-refractivity contribution in [3.05, 3.63) is 5.53 Å². The van der Waals surface area contributed by atoms with Gasteiger partial charge >= 0.3 is 6.21 Å². The highest BCUT2D eigenvalue weighted by molar-refractivity contribution is 6.37. The summed E-state index contributed by atoms with van der Waals surface area (Å²) in [5.74, 6) is 0.0656. The highest BCUT2D eigenvalue weighted by Gasteiger charge is 2.50. The molecule has 0 saturated carbocycles. The molecule has 8 heteroatoms. The van der Waals surface area contributed by atoms with Crippen LogP contribution >= 0.6 is 0 Å². The molecule has 0 unspecified atom stereocenters. The number of aliphatic imine (C=N–C) groups is 2. The van der Waals surface area contributed by atoms with E-state index < -0.39 is 11.3 Å². The van der Waals surface area contributed by atoms with E-state index in [2.05, 4.69) is 14.8 Å². The molecular formula is C14H22N4O4. The highest BCUT2D eigenvalue weighted by Crippen LogP contribution is 2.28. The number of ketones is 1. The Balaban J connectivity index is 3.44. The second-order valence-electron chi connectivity index (χ2n) is 5.19. The molecule has 2 atom stereocenters. The van der Waals surface area contributed by atoms with Gasteiger partial charge in [0.15, 0.2) is 0 Å². The molecule has 0 spiro atoms. The van der Waals surface area contributed by atoms with Crippen molar-refractivity contribution in [3.8, 4) is 0 Å². The van der Waals surface area contributed by atoms with Gasteiger partial charge in [0.2, 0.25) is 17.3 Å². The van der Waals surface area contributed by atoms with Crippen molar-refractivity contribution in [3.63, 3.8) is 0 Å². The van der Waals surface area contributed by atoms with Gasteiger partial charge in [0.25, 0.3) is 5.78 Å². The zero-order chi connectivity index (χ0) is 16.8. The molecule has 122 valence electrons. The minimum absolute atomic E-state index is 0.117. The van der Waals surface area contributed by atoms with Crippen LogP contribution in [-0.4, -0.2) is 68.1 Å². The Morgan fingerprint density at radius 1 is 1.41 bits per heavy atom. The van der Waals surface area contributed by atoms with Gasteiger partial charge in [-0.3, -0.25) is 4.79 Å². The van der Waals surface area contributed by atoms with Crippen molar-refractivity contribution in [1.29, 1.82) is 0 Å². The number of methoxy groups -OCH3 is 3. The number of nitrogens with zero attached hydrogens (tertiary/aromatic N) is 4. The van der Waals surface area contributed by atoms with Crippen LogP contribution in [0.3, 0.4) is 0 Å². The number of ether oxygens (including phenoxy) is 3. The van der Waals surface area contributed by atoms with Gasteiger partial charge in [0.05, 0.1) is 14.2 Å². The van der Waals surface area contributed by atoms with E-state index in [1.54, 1.807) is 0 Å². The number of hydrogen-bond acceptors (Lipinski definition) is 6. The minimum Gasteiger partial charge on any atom is -0.483 e. The molecule has 22 heavy (non-hydrogen) atoms. The molecular weight excluding hydrogens is 288 g/mol. The smallest absolute Gasteiger partial charge is 0.326 e. The lowest BCUT2D eigenvalue weighted by molar-refractivity contribution is -0.119. The zero-order valence-corrected chi connectivity index (χ0v) is 13.6. The molecule has 1 aliphatic rings. The maximum Gasteiger partial charge on any atom is 0.326 e. The standard InChI is InChI=1S/C14H22N4O4/c1-9(2)11-12(21-4)18-14(6-7-20-3,10(19)8-16-15)13(17-11)22-5/h8-9,11H,6-7H2,1-5H3/t11-,14+/m1/s1. The molecule has 0 bridgehead atoms. The second kappa shape index (κ2) is 7.82. The van der Waals surface area contributed by atoms with E-state index in [1.807, 2.05) is 13.8 Å². The van der Waals surface area contributed by atoms with Crippen LogP contribution in [0.15, 0.2) is 9.98 Å². The van der Waals surface area contributed by atoms with E-state index in [4.69, 9.17) is 19.7 Å². The number of Topliss-reactive ketones (excluding diaryl/α,β-unsaturated/α-hetero) is 1. The van der Waals surface area contributed by atoms with Crippen molar-refractivity contribution in [2.24, 2.45) is 15.9 Å². The van der Waals surface area contributed by atoms with Gasteiger partial charge in [-0.1, -0.05) is 13.8 Å². The summed E-state index contributed by atoms with van der Waals surface area (Å²) in [7, 11) is 4.42. The van der Waals surface area contributed by atoms with Gasteiger partial charge in [-0.25, -0.2) is 9.98 Å². The van der Waals surface area contributed by atoms with Crippen molar-refractivity contribution in [2.75, 3.05) is 27.9 Å². The molecule has 8 nitrogen and oxygen atoms in total. The van der Waals surface area contributed by atoms with E-state index >= 15 is 0 Å². The average molecular weight is 310 g/mol. The Hall–Kier alpha value is -2.05. The number of hydrogen-bond donors (Lipinski definition) is 0. The third-order valence-corrected chi connectivity index (χ3v) is 3.45. The summed E-state index contributed by atoms with van der Waals surface area (Å²) in [6, 6.07) is -0.338. The quantitative estimate of drug-likeness (QED) is 0.410. The van der Waals surface area contributed by atoms with Crippen LogP contribution in [0.1, 0.15) is 20.3 Å². The van der Waals surface area contributed by atoms with E-state index in [0.717, 1.165) is 6.21 Å². The lowest BCUT2D eigenvalue weighted by Gasteiger charge is -2.33. The van der Waals surface area contributed by atoms with Crippen LogP contribution < -0.4 is 0 Å². The summed E-state index contributed by atoms with van der Waals surface area (Å²) in [6.45, 7) is 4.19. The zero-order valence-electron chi connectivity index (χ0n) is 13.6. The van der Waals surface area contributed by atoms with Crippen LogP contribution in [0.25, 0.3) is 5.53 Å². The Morgan fingerprint density at radius 2 is 2.09 bits per heavy atom. The molecule has 0 aliphatic carbocycles. The molecule has 0 radical (unpaired) electrons. The minimum atomic E-state index is -1.44. The van der Waals surface area contributed by atoms with Gasteiger partial charge in [-0.15, -0.1) is 0 Å². The van der Waals surface area contributed by atoms with Crippen molar-refractivity contribution in [1.82, 2.24) is 0 Å². The fourth-order valence-electron chi connectivity index (χ4n) is 2.27.